The summed E-state index contributed by atoms with van der Waals surface area (Å²) in [6, 6.07) is 11.1. The highest BCUT2D eigenvalue weighted by atomic mass is 16.6. The largest absolute Gasteiger partial charge is 0.483 e. The van der Waals surface area contributed by atoms with Gasteiger partial charge in [-0.25, -0.2) is 4.79 Å². The smallest absolute Gasteiger partial charge is 0.408 e. The molecule has 3 amide bonds. The molecular weight excluding hydrogens is 422 g/mol. The van der Waals surface area contributed by atoms with Crippen molar-refractivity contribution in [1.29, 1.82) is 0 Å². The van der Waals surface area contributed by atoms with E-state index in [0.29, 0.717) is 11.4 Å². The van der Waals surface area contributed by atoms with Crippen LogP contribution < -0.4 is 20.7 Å². The van der Waals surface area contributed by atoms with E-state index in [0.717, 1.165) is 22.3 Å². The van der Waals surface area contributed by atoms with Crippen LogP contribution in [-0.4, -0.2) is 36.7 Å². The van der Waals surface area contributed by atoms with Crippen LogP contribution in [0.1, 0.15) is 43.0 Å². The van der Waals surface area contributed by atoms with Crippen LogP contribution in [0, 0.1) is 20.8 Å². The first kappa shape index (κ1) is 25.7. The van der Waals surface area contributed by atoms with Crippen molar-refractivity contribution >= 4 is 23.6 Å². The van der Waals surface area contributed by atoms with Gasteiger partial charge in [0.15, 0.2) is 6.61 Å². The van der Waals surface area contributed by atoms with Gasteiger partial charge in [-0.1, -0.05) is 30.3 Å². The summed E-state index contributed by atoms with van der Waals surface area (Å²) in [5.74, 6) is 0.0274. The maximum atomic E-state index is 12.5. The van der Waals surface area contributed by atoms with Crippen LogP contribution in [-0.2, 0) is 20.9 Å². The predicted molar refractivity (Wildman–Crippen MR) is 127 cm³/mol. The summed E-state index contributed by atoms with van der Waals surface area (Å²) in [5.41, 5.74) is 3.72. The van der Waals surface area contributed by atoms with E-state index in [1.165, 1.54) is 0 Å². The molecule has 0 atom stereocenters. The number of rotatable bonds is 8. The summed E-state index contributed by atoms with van der Waals surface area (Å²) in [6.45, 7) is 11.0. The van der Waals surface area contributed by atoms with E-state index in [-0.39, 0.29) is 31.5 Å². The molecule has 0 spiro atoms. The van der Waals surface area contributed by atoms with Crippen molar-refractivity contribution in [3.05, 3.63) is 58.7 Å². The molecule has 0 bridgehead atoms. The topological polar surface area (TPSA) is 106 Å². The molecule has 2 aromatic rings. The Morgan fingerprint density at radius 2 is 1.55 bits per heavy atom. The number of amides is 3. The van der Waals surface area contributed by atoms with Gasteiger partial charge in [0.2, 0.25) is 5.91 Å². The molecule has 0 radical (unpaired) electrons. The normalized spacial score (nSPS) is 10.8. The summed E-state index contributed by atoms with van der Waals surface area (Å²) in [6.07, 6.45) is -0.663. The molecule has 2 rings (SSSR count). The number of anilines is 1. The monoisotopic (exact) mass is 455 g/mol. The van der Waals surface area contributed by atoms with Gasteiger partial charge < -0.3 is 25.4 Å². The molecule has 8 heteroatoms. The highest BCUT2D eigenvalue weighted by Gasteiger charge is 2.17. The van der Waals surface area contributed by atoms with Crippen LogP contribution >= 0.6 is 0 Å². The number of alkyl carbamates (subject to hydrolysis) is 1. The lowest BCUT2D eigenvalue weighted by atomic mass is 10.1. The van der Waals surface area contributed by atoms with Crippen LogP contribution in [0.4, 0.5) is 10.5 Å². The Bertz CT molecular complexity index is 1010. The van der Waals surface area contributed by atoms with E-state index in [2.05, 4.69) is 16.0 Å². The summed E-state index contributed by atoms with van der Waals surface area (Å²) in [4.78, 5) is 36.2. The molecule has 178 valence electrons. The third kappa shape index (κ3) is 8.48. The molecule has 0 aliphatic carbocycles. The molecule has 33 heavy (non-hydrogen) atoms. The molecule has 0 unspecified atom stereocenters. The fourth-order valence-electron chi connectivity index (χ4n) is 2.99. The zero-order chi connectivity index (χ0) is 24.6. The molecule has 0 aliphatic rings. The van der Waals surface area contributed by atoms with E-state index in [9.17, 15) is 14.4 Å². The number of para-hydroxylation sites is 1. The van der Waals surface area contributed by atoms with Crippen LogP contribution in [0.5, 0.6) is 5.75 Å². The summed E-state index contributed by atoms with van der Waals surface area (Å²) < 4.78 is 10.9. The number of carbonyl (C=O) groups excluding carboxylic acids is 3. The minimum absolute atomic E-state index is 0.133. The van der Waals surface area contributed by atoms with E-state index in [1.807, 2.05) is 39.0 Å². The fraction of sp³-hybridized carbons (Fsp3) is 0.400. The van der Waals surface area contributed by atoms with Crippen molar-refractivity contribution in [3.8, 4) is 5.75 Å². The van der Waals surface area contributed by atoms with Gasteiger partial charge in [-0.2, -0.15) is 0 Å². The number of benzene rings is 2. The fourth-order valence-corrected chi connectivity index (χ4v) is 2.99. The van der Waals surface area contributed by atoms with E-state index in [4.69, 9.17) is 9.47 Å². The summed E-state index contributed by atoms with van der Waals surface area (Å²) in [5, 5.41) is 7.95. The highest BCUT2D eigenvalue weighted by molar-refractivity contribution is 5.92. The minimum Gasteiger partial charge on any atom is -0.483 e. The van der Waals surface area contributed by atoms with Gasteiger partial charge in [0.1, 0.15) is 17.9 Å². The first-order valence-corrected chi connectivity index (χ1v) is 10.8. The summed E-state index contributed by atoms with van der Waals surface area (Å²) in [7, 11) is 0. The molecule has 3 N–H and O–H groups in total. The number of hydrogen-bond acceptors (Lipinski definition) is 5. The molecule has 2 aromatic carbocycles. The van der Waals surface area contributed by atoms with Crippen molar-refractivity contribution in [2.24, 2.45) is 0 Å². The first-order valence-electron chi connectivity index (χ1n) is 10.8. The Morgan fingerprint density at radius 1 is 0.879 bits per heavy atom. The van der Waals surface area contributed by atoms with Gasteiger partial charge in [0.25, 0.3) is 5.91 Å². The molecule has 0 saturated heterocycles. The van der Waals surface area contributed by atoms with Gasteiger partial charge in [-0.05, 0) is 69.9 Å². The van der Waals surface area contributed by atoms with Gasteiger partial charge in [0, 0.05) is 12.2 Å². The van der Waals surface area contributed by atoms with E-state index >= 15 is 0 Å². The maximum Gasteiger partial charge on any atom is 0.408 e. The molecule has 0 aromatic heterocycles. The first-order chi connectivity index (χ1) is 15.5. The Balaban J connectivity index is 1.88. The number of nitrogens with one attached hydrogen (secondary N) is 3. The maximum absolute atomic E-state index is 12.5. The average Bonchev–Trinajstić information content (AvgIpc) is 2.73. The van der Waals surface area contributed by atoms with Crippen molar-refractivity contribution in [3.63, 3.8) is 0 Å². The zero-order valence-electron chi connectivity index (χ0n) is 20.1. The Labute approximate surface area is 195 Å². The van der Waals surface area contributed by atoms with Crippen LogP contribution in [0.25, 0.3) is 0 Å². The highest BCUT2D eigenvalue weighted by Crippen LogP contribution is 2.25. The summed E-state index contributed by atoms with van der Waals surface area (Å²) >= 11 is 0. The van der Waals surface area contributed by atoms with E-state index < -0.39 is 11.7 Å². The SMILES string of the molecule is Cc1ccc(C)c(OCC(=O)Nc2ccccc2CNC(=O)CNC(=O)OC(C)(C)C)c1C. The second-order valence-electron chi connectivity index (χ2n) is 8.78. The number of ether oxygens (including phenoxy) is 2. The van der Waals surface area contributed by atoms with Crippen LogP contribution in [0.3, 0.4) is 0 Å². The molecule has 0 aliphatic heterocycles. The van der Waals surface area contributed by atoms with Crippen molar-refractivity contribution in [2.45, 2.75) is 53.7 Å². The Morgan fingerprint density at radius 3 is 2.24 bits per heavy atom. The van der Waals surface area contributed by atoms with Crippen LogP contribution in [0.15, 0.2) is 36.4 Å². The molecular formula is C25H33N3O5. The molecule has 0 saturated carbocycles. The standard InChI is InChI=1S/C25H33N3O5/c1-16-11-12-17(2)23(18(16)3)32-15-22(30)28-20-10-8-7-9-19(20)13-26-21(29)14-27-24(31)33-25(4,5)6/h7-12H,13-15H2,1-6H3,(H,26,29)(H,27,31)(H,28,30). The Kier molecular flexibility index (Phi) is 8.85. The lowest BCUT2D eigenvalue weighted by Gasteiger charge is -2.19. The van der Waals surface area contributed by atoms with Gasteiger partial charge in [-0.15, -0.1) is 0 Å². The molecule has 8 nitrogen and oxygen atoms in total. The predicted octanol–water partition coefficient (Wildman–Crippen LogP) is 3.77. The quantitative estimate of drug-likeness (QED) is 0.562. The lowest BCUT2D eigenvalue weighted by molar-refractivity contribution is -0.120. The van der Waals surface area contributed by atoms with E-state index in [1.54, 1.807) is 39.0 Å². The number of hydrogen-bond donors (Lipinski definition) is 3. The van der Waals surface area contributed by atoms with Crippen molar-refractivity contribution < 1.29 is 23.9 Å². The van der Waals surface area contributed by atoms with Crippen molar-refractivity contribution in [2.75, 3.05) is 18.5 Å². The molecule has 0 fully saturated rings. The third-order valence-corrected chi connectivity index (χ3v) is 4.78. The zero-order valence-corrected chi connectivity index (χ0v) is 20.1. The minimum atomic E-state index is -0.663. The molecule has 0 heterocycles. The van der Waals surface area contributed by atoms with Gasteiger partial charge >= 0.3 is 6.09 Å². The third-order valence-electron chi connectivity index (χ3n) is 4.78. The number of carbonyl (C=O) groups is 3. The second-order valence-corrected chi connectivity index (χ2v) is 8.78. The lowest BCUT2D eigenvalue weighted by Crippen LogP contribution is -2.39. The van der Waals surface area contributed by atoms with Gasteiger partial charge in [0.05, 0.1) is 0 Å². The van der Waals surface area contributed by atoms with Crippen molar-refractivity contribution in [1.82, 2.24) is 10.6 Å². The Hall–Kier alpha value is -3.55. The average molecular weight is 456 g/mol. The van der Waals surface area contributed by atoms with Crippen LogP contribution in [0.2, 0.25) is 0 Å². The number of aryl methyl sites for hydroxylation is 2. The second kappa shape index (κ2) is 11.4. The van der Waals surface area contributed by atoms with Gasteiger partial charge in [-0.3, -0.25) is 9.59 Å².